The molecule has 0 aliphatic heterocycles. The van der Waals surface area contributed by atoms with Crippen LogP contribution in [0.4, 0.5) is 5.69 Å². The fraction of sp³-hybridized carbons (Fsp3) is 0.250. The number of benzene rings is 2. The van der Waals surface area contributed by atoms with Crippen LogP contribution in [-0.2, 0) is 11.2 Å². The summed E-state index contributed by atoms with van der Waals surface area (Å²) in [7, 11) is 1.63. The maximum absolute atomic E-state index is 12.2. The molecule has 146 valence electrons. The lowest BCUT2D eigenvalue weighted by Crippen LogP contribution is -2.15. The molecule has 0 aliphatic rings. The van der Waals surface area contributed by atoms with Gasteiger partial charge in [0.05, 0.1) is 30.0 Å². The van der Waals surface area contributed by atoms with Crippen LogP contribution >= 0.6 is 23.4 Å². The van der Waals surface area contributed by atoms with E-state index in [4.69, 9.17) is 20.8 Å². The third-order valence-corrected chi connectivity index (χ3v) is 5.10. The van der Waals surface area contributed by atoms with Gasteiger partial charge in [0.2, 0.25) is 11.8 Å². The first kappa shape index (κ1) is 20.2. The highest BCUT2D eigenvalue weighted by Crippen LogP contribution is 2.28. The molecule has 0 aliphatic carbocycles. The number of aromatic nitrogens is 2. The molecule has 1 N–H and O–H groups in total. The zero-order valence-electron chi connectivity index (χ0n) is 15.8. The minimum Gasteiger partial charge on any atom is -0.497 e. The van der Waals surface area contributed by atoms with Crippen LogP contribution in [0.3, 0.4) is 0 Å². The SMILES string of the molecule is COc1ccc(Cc2nnc(SCC(=O)Nc3c(C)cc(C)cc3Cl)o2)cc1. The van der Waals surface area contributed by atoms with Gasteiger partial charge in [-0.25, -0.2) is 0 Å². The number of ether oxygens (including phenoxy) is 1. The minimum absolute atomic E-state index is 0.147. The van der Waals surface area contributed by atoms with E-state index in [2.05, 4.69) is 15.5 Å². The summed E-state index contributed by atoms with van der Waals surface area (Å²) < 4.78 is 10.8. The largest absolute Gasteiger partial charge is 0.497 e. The second kappa shape index (κ2) is 9.12. The van der Waals surface area contributed by atoms with Crippen LogP contribution in [0.25, 0.3) is 0 Å². The maximum Gasteiger partial charge on any atom is 0.277 e. The van der Waals surface area contributed by atoms with Crippen molar-refractivity contribution in [2.24, 2.45) is 0 Å². The van der Waals surface area contributed by atoms with Gasteiger partial charge in [-0.2, -0.15) is 0 Å². The van der Waals surface area contributed by atoms with Crippen LogP contribution in [0.2, 0.25) is 5.02 Å². The number of nitrogens with one attached hydrogen (secondary N) is 1. The topological polar surface area (TPSA) is 77.2 Å². The van der Waals surface area contributed by atoms with Crippen molar-refractivity contribution in [2.75, 3.05) is 18.2 Å². The van der Waals surface area contributed by atoms with Gasteiger partial charge in [0, 0.05) is 0 Å². The van der Waals surface area contributed by atoms with E-state index < -0.39 is 0 Å². The monoisotopic (exact) mass is 417 g/mol. The van der Waals surface area contributed by atoms with Crippen molar-refractivity contribution in [1.29, 1.82) is 0 Å². The lowest BCUT2D eigenvalue weighted by Gasteiger charge is -2.11. The van der Waals surface area contributed by atoms with E-state index in [1.54, 1.807) is 7.11 Å². The molecule has 3 rings (SSSR count). The molecule has 2 aromatic carbocycles. The van der Waals surface area contributed by atoms with Crippen molar-refractivity contribution in [3.63, 3.8) is 0 Å². The van der Waals surface area contributed by atoms with Crippen LogP contribution in [-0.4, -0.2) is 29.0 Å². The number of halogens is 1. The Bertz CT molecular complexity index is 950. The molecule has 28 heavy (non-hydrogen) atoms. The zero-order valence-corrected chi connectivity index (χ0v) is 17.4. The molecule has 3 aromatic rings. The fourth-order valence-corrected chi connectivity index (χ4v) is 3.61. The van der Waals surface area contributed by atoms with Gasteiger partial charge in [0.1, 0.15) is 5.75 Å². The summed E-state index contributed by atoms with van der Waals surface area (Å²) >= 11 is 7.41. The van der Waals surface area contributed by atoms with E-state index in [1.165, 1.54) is 11.8 Å². The molecule has 0 unspecified atom stereocenters. The Morgan fingerprint density at radius 3 is 2.64 bits per heavy atom. The Labute approximate surface area is 172 Å². The van der Waals surface area contributed by atoms with E-state index in [0.29, 0.717) is 28.2 Å². The predicted octanol–water partition coefficient (Wildman–Crippen LogP) is 4.67. The van der Waals surface area contributed by atoms with Crippen molar-refractivity contribution in [2.45, 2.75) is 25.5 Å². The first-order valence-corrected chi connectivity index (χ1v) is 9.95. The molecule has 0 saturated carbocycles. The number of carbonyl (C=O) groups is 1. The number of methoxy groups -OCH3 is 1. The average Bonchev–Trinajstić information content (AvgIpc) is 3.11. The fourth-order valence-electron chi connectivity index (χ4n) is 2.66. The number of amides is 1. The molecule has 0 saturated heterocycles. The molecule has 6 nitrogen and oxygen atoms in total. The normalized spacial score (nSPS) is 10.7. The van der Waals surface area contributed by atoms with Gasteiger partial charge >= 0.3 is 0 Å². The number of anilines is 1. The van der Waals surface area contributed by atoms with Gasteiger partial charge in [-0.3, -0.25) is 4.79 Å². The van der Waals surface area contributed by atoms with Gasteiger partial charge in [0.15, 0.2) is 0 Å². The lowest BCUT2D eigenvalue weighted by atomic mass is 10.1. The highest BCUT2D eigenvalue weighted by Gasteiger charge is 2.13. The van der Waals surface area contributed by atoms with E-state index in [0.717, 1.165) is 22.4 Å². The molecular formula is C20H20ClN3O3S. The molecule has 1 amide bonds. The quantitative estimate of drug-likeness (QED) is 0.563. The second-order valence-corrected chi connectivity index (χ2v) is 7.60. The van der Waals surface area contributed by atoms with Crippen molar-refractivity contribution in [3.8, 4) is 5.75 Å². The molecule has 1 heterocycles. The van der Waals surface area contributed by atoms with Crippen LogP contribution in [0, 0.1) is 13.8 Å². The van der Waals surface area contributed by atoms with Gasteiger partial charge in [0.25, 0.3) is 5.22 Å². The maximum atomic E-state index is 12.2. The number of hydrogen-bond donors (Lipinski definition) is 1. The Balaban J connectivity index is 1.54. The Hall–Kier alpha value is -2.51. The molecule has 0 fully saturated rings. The third kappa shape index (κ3) is 5.27. The molecular weight excluding hydrogens is 398 g/mol. The third-order valence-electron chi connectivity index (χ3n) is 3.99. The van der Waals surface area contributed by atoms with Gasteiger partial charge in [-0.05, 0) is 48.7 Å². The summed E-state index contributed by atoms with van der Waals surface area (Å²) in [5.41, 5.74) is 3.62. The van der Waals surface area contributed by atoms with Crippen LogP contribution in [0.1, 0.15) is 22.6 Å². The summed E-state index contributed by atoms with van der Waals surface area (Å²) in [5.74, 6) is 1.24. The van der Waals surface area contributed by atoms with E-state index in [1.807, 2.05) is 50.2 Å². The Morgan fingerprint density at radius 1 is 1.21 bits per heavy atom. The number of hydrogen-bond acceptors (Lipinski definition) is 6. The van der Waals surface area contributed by atoms with Gasteiger partial charge in [-0.1, -0.05) is 41.6 Å². The van der Waals surface area contributed by atoms with Crippen molar-refractivity contribution in [3.05, 3.63) is 64.0 Å². The first-order chi connectivity index (χ1) is 13.4. The summed E-state index contributed by atoms with van der Waals surface area (Å²) in [6.07, 6.45) is 0.516. The molecule has 0 spiro atoms. The molecule has 1 aromatic heterocycles. The predicted molar refractivity (Wildman–Crippen MR) is 110 cm³/mol. The number of aryl methyl sites for hydroxylation is 2. The van der Waals surface area contributed by atoms with Crippen molar-refractivity contribution < 1.29 is 13.9 Å². The van der Waals surface area contributed by atoms with Crippen LogP contribution < -0.4 is 10.1 Å². The highest BCUT2D eigenvalue weighted by molar-refractivity contribution is 7.99. The van der Waals surface area contributed by atoms with E-state index in [9.17, 15) is 4.79 Å². The number of carbonyl (C=O) groups excluding carboxylic acids is 1. The number of nitrogens with zero attached hydrogens (tertiary/aromatic N) is 2. The summed E-state index contributed by atoms with van der Waals surface area (Å²) in [6, 6.07) is 11.4. The molecule has 0 bridgehead atoms. The van der Waals surface area contributed by atoms with Gasteiger partial charge in [-0.15, -0.1) is 10.2 Å². The second-order valence-electron chi connectivity index (χ2n) is 6.26. The summed E-state index contributed by atoms with van der Waals surface area (Å²) in [5, 5.41) is 11.7. The Morgan fingerprint density at radius 2 is 1.96 bits per heavy atom. The lowest BCUT2D eigenvalue weighted by molar-refractivity contribution is -0.113. The van der Waals surface area contributed by atoms with E-state index in [-0.39, 0.29) is 11.7 Å². The highest BCUT2D eigenvalue weighted by atomic mass is 35.5. The Kier molecular flexibility index (Phi) is 6.59. The first-order valence-electron chi connectivity index (χ1n) is 8.59. The average molecular weight is 418 g/mol. The van der Waals surface area contributed by atoms with Crippen LogP contribution in [0.15, 0.2) is 46.0 Å². The standard InChI is InChI=1S/C20H20ClN3O3S/c1-12-8-13(2)19(16(21)9-12)22-17(25)11-28-20-24-23-18(27-20)10-14-4-6-15(26-3)7-5-14/h4-9H,10-11H2,1-3H3,(H,22,25). The van der Waals surface area contributed by atoms with Crippen molar-refractivity contribution >= 4 is 35.0 Å². The van der Waals surface area contributed by atoms with Gasteiger partial charge < -0.3 is 14.5 Å². The van der Waals surface area contributed by atoms with Crippen LogP contribution in [0.5, 0.6) is 5.75 Å². The summed E-state index contributed by atoms with van der Waals surface area (Å²) in [4.78, 5) is 12.2. The number of thioether (sulfide) groups is 1. The van der Waals surface area contributed by atoms with E-state index >= 15 is 0 Å². The molecule has 0 radical (unpaired) electrons. The number of rotatable bonds is 7. The summed E-state index contributed by atoms with van der Waals surface area (Å²) in [6.45, 7) is 3.87. The van der Waals surface area contributed by atoms with Crippen molar-refractivity contribution in [1.82, 2.24) is 10.2 Å². The molecule has 0 atom stereocenters. The zero-order chi connectivity index (χ0) is 20.1. The molecule has 8 heteroatoms. The minimum atomic E-state index is -0.186. The smallest absolute Gasteiger partial charge is 0.277 e.